The lowest BCUT2D eigenvalue weighted by atomic mass is 9.50. The van der Waals surface area contributed by atoms with Crippen LogP contribution in [0.1, 0.15) is 109 Å². The number of benzene rings is 1. The molecule has 3 nitrogen and oxygen atoms in total. The first kappa shape index (κ1) is 25.9. The van der Waals surface area contributed by atoms with Crippen molar-refractivity contribution >= 4 is 11.7 Å². The Labute approximate surface area is 219 Å². The molecule has 3 heteroatoms. The number of carbonyl (C=O) groups excluding carboxylic acids is 1. The molecule has 8 atom stereocenters. The molecular weight excluding hydrogens is 442 g/mol. The molecule has 1 aromatic rings. The lowest BCUT2D eigenvalue weighted by Crippen LogP contribution is -2.48. The van der Waals surface area contributed by atoms with Crippen LogP contribution in [0, 0.1) is 46.8 Å². The summed E-state index contributed by atoms with van der Waals surface area (Å²) in [5.41, 5.74) is 8.94. The molecule has 5 rings (SSSR count). The normalized spacial score (nSPS) is 36.4. The molecule has 4 aliphatic rings. The first-order valence-corrected chi connectivity index (χ1v) is 15.0. The lowest BCUT2D eigenvalue weighted by molar-refractivity contribution is -0.0240. The molecule has 0 amide bonds. The van der Waals surface area contributed by atoms with Gasteiger partial charge >= 0.3 is 5.97 Å². The standard InChI is InChI=1S/C33H49NO2/c1-21(2)6-5-7-22(3)27-14-15-29-28(27)16-17-31-30(29)13-10-24-20-26(18-19-33(24,31)4)36-32(35)23-8-11-25(34)12-9-23/h8-12,21-22,26-31H,5-7,13-20,34H2,1-4H3/t22-,26+,27-,28+,29-,30+,31+,33+/m1/s1. The summed E-state index contributed by atoms with van der Waals surface area (Å²) in [7, 11) is 0. The monoisotopic (exact) mass is 491 g/mol. The van der Waals surface area contributed by atoms with Gasteiger partial charge in [-0.2, -0.15) is 0 Å². The number of esters is 1. The summed E-state index contributed by atoms with van der Waals surface area (Å²) < 4.78 is 5.98. The largest absolute Gasteiger partial charge is 0.458 e. The van der Waals surface area contributed by atoms with E-state index >= 15 is 0 Å². The second-order valence-corrected chi connectivity index (χ2v) is 13.5. The van der Waals surface area contributed by atoms with Crippen LogP contribution < -0.4 is 5.73 Å². The minimum Gasteiger partial charge on any atom is -0.458 e. The molecule has 0 bridgehead atoms. The van der Waals surface area contributed by atoms with Crippen LogP contribution in [0.3, 0.4) is 0 Å². The van der Waals surface area contributed by atoms with Crippen LogP contribution in [0.15, 0.2) is 35.9 Å². The third-order valence-electron chi connectivity index (χ3n) is 11.0. The van der Waals surface area contributed by atoms with Gasteiger partial charge < -0.3 is 10.5 Å². The number of fused-ring (bicyclic) bond motifs is 5. The van der Waals surface area contributed by atoms with Crippen molar-refractivity contribution in [3.63, 3.8) is 0 Å². The zero-order valence-electron chi connectivity index (χ0n) is 23.2. The van der Waals surface area contributed by atoms with Gasteiger partial charge in [-0.15, -0.1) is 0 Å². The number of ether oxygens (including phenoxy) is 1. The number of rotatable bonds is 7. The minimum atomic E-state index is -0.210. The van der Waals surface area contributed by atoms with Gasteiger partial charge in [0, 0.05) is 12.1 Å². The Bertz CT molecular complexity index is 949. The van der Waals surface area contributed by atoms with Crippen molar-refractivity contribution in [1.82, 2.24) is 0 Å². The highest BCUT2D eigenvalue weighted by atomic mass is 16.5. The van der Waals surface area contributed by atoms with E-state index in [9.17, 15) is 4.79 Å². The summed E-state index contributed by atoms with van der Waals surface area (Å²) in [5, 5.41) is 0. The predicted octanol–water partition coefficient (Wildman–Crippen LogP) is 8.45. The molecule has 1 aromatic carbocycles. The van der Waals surface area contributed by atoms with E-state index < -0.39 is 0 Å². The van der Waals surface area contributed by atoms with Crippen LogP contribution >= 0.6 is 0 Å². The summed E-state index contributed by atoms with van der Waals surface area (Å²) in [4.78, 5) is 12.7. The van der Waals surface area contributed by atoms with Gasteiger partial charge in [0.15, 0.2) is 0 Å². The van der Waals surface area contributed by atoms with Crippen LogP contribution in [-0.2, 0) is 4.74 Å². The molecule has 0 radical (unpaired) electrons. The quantitative estimate of drug-likeness (QED) is 0.236. The smallest absolute Gasteiger partial charge is 0.338 e. The maximum absolute atomic E-state index is 12.7. The van der Waals surface area contributed by atoms with Crippen molar-refractivity contribution in [3.05, 3.63) is 41.5 Å². The van der Waals surface area contributed by atoms with E-state index in [2.05, 4.69) is 33.8 Å². The highest BCUT2D eigenvalue weighted by molar-refractivity contribution is 5.89. The maximum Gasteiger partial charge on any atom is 0.338 e. The van der Waals surface area contributed by atoms with Gasteiger partial charge in [0.25, 0.3) is 0 Å². The first-order valence-electron chi connectivity index (χ1n) is 15.0. The average Bonchev–Trinajstić information content (AvgIpc) is 3.29. The molecule has 2 N–H and O–H groups in total. The topological polar surface area (TPSA) is 52.3 Å². The van der Waals surface area contributed by atoms with E-state index in [0.717, 1.165) is 60.7 Å². The first-order chi connectivity index (χ1) is 17.3. The third-order valence-corrected chi connectivity index (χ3v) is 11.0. The second kappa shape index (κ2) is 10.5. The third kappa shape index (κ3) is 5.01. The summed E-state index contributed by atoms with van der Waals surface area (Å²) in [5.74, 6) is 6.09. The van der Waals surface area contributed by atoms with Crippen molar-refractivity contribution in [3.8, 4) is 0 Å². The fourth-order valence-corrected chi connectivity index (χ4v) is 9.03. The number of nitrogen functional groups attached to an aromatic ring is 1. The average molecular weight is 492 g/mol. The number of nitrogens with two attached hydrogens (primary N) is 1. The molecule has 3 fully saturated rings. The van der Waals surface area contributed by atoms with Crippen LogP contribution in [-0.4, -0.2) is 12.1 Å². The van der Waals surface area contributed by atoms with Crippen molar-refractivity contribution in [2.75, 3.05) is 5.73 Å². The molecule has 3 saturated carbocycles. The predicted molar refractivity (Wildman–Crippen MR) is 148 cm³/mol. The molecule has 36 heavy (non-hydrogen) atoms. The Morgan fingerprint density at radius 3 is 2.50 bits per heavy atom. The van der Waals surface area contributed by atoms with Gasteiger partial charge in [0.2, 0.25) is 0 Å². The zero-order chi connectivity index (χ0) is 25.4. The van der Waals surface area contributed by atoms with E-state index in [1.807, 2.05) is 0 Å². The molecule has 0 aliphatic heterocycles. The van der Waals surface area contributed by atoms with Gasteiger partial charge in [-0.3, -0.25) is 0 Å². The van der Waals surface area contributed by atoms with Crippen LogP contribution in [0.4, 0.5) is 5.69 Å². The van der Waals surface area contributed by atoms with E-state index in [-0.39, 0.29) is 12.1 Å². The fraction of sp³-hybridized carbons (Fsp3) is 0.727. The van der Waals surface area contributed by atoms with Crippen LogP contribution in [0.25, 0.3) is 0 Å². The van der Waals surface area contributed by atoms with Gasteiger partial charge in [0.1, 0.15) is 6.10 Å². The second-order valence-electron chi connectivity index (χ2n) is 13.5. The Balaban J connectivity index is 1.22. The highest BCUT2D eigenvalue weighted by Crippen LogP contribution is 2.63. The Morgan fingerprint density at radius 1 is 1.00 bits per heavy atom. The molecular formula is C33H49NO2. The zero-order valence-corrected chi connectivity index (χ0v) is 23.2. The van der Waals surface area contributed by atoms with Gasteiger partial charge in [-0.25, -0.2) is 4.79 Å². The SMILES string of the molecule is CC(C)CCC[C@@H](C)[C@H]1CC[C@@H]2[C@H]1CC[C@H]1[C@H]2CC=C2C[C@@H](OC(=O)c3ccc(N)cc3)CC[C@@]21C. The number of allylic oxidation sites excluding steroid dienone is 1. The number of hydrogen-bond donors (Lipinski definition) is 1. The van der Waals surface area contributed by atoms with E-state index in [0.29, 0.717) is 16.7 Å². The van der Waals surface area contributed by atoms with E-state index in [4.69, 9.17) is 10.5 Å². The Kier molecular flexibility index (Phi) is 7.57. The summed E-state index contributed by atoms with van der Waals surface area (Å²) >= 11 is 0. The number of anilines is 1. The maximum atomic E-state index is 12.7. The van der Waals surface area contributed by atoms with Crippen LogP contribution in [0.5, 0.6) is 0 Å². The van der Waals surface area contributed by atoms with Crippen molar-refractivity contribution in [1.29, 1.82) is 0 Å². The minimum absolute atomic E-state index is 0.00446. The van der Waals surface area contributed by atoms with E-state index in [1.165, 1.54) is 51.4 Å². The summed E-state index contributed by atoms with van der Waals surface area (Å²) in [6, 6.07) is 7.09. The molecule has 0 heterocycles. The molecule has 198 valence electrons. The van der Waals surface area contributed by atoms with Crippen molar-refractivity contribution in [2.45, 2.75) is 104 Å². The number of carbonyl (C=O) groups is 1. The highest BCUT2D eigenvalue weighted by Gasteiger charge is 2.54. The molecule has 0 saturated heterocycles. The molecule has 0 spiro atoms. The summed E-state index contributed by atoms with van der Waals surface area (Å²) in [6.07, 6.45) is 16.9. The van der Waals surface area contributed by atoms with Crippen molar-refractivity contribution < 1.29 is 9.53 Å². The van der Waals surface area contributed by atoms with Gasteiger partial charge in [0.05, 0.1) is 5.56 Å². The van der Waals surface area contributed by atoms with Gasteiger partial charge in [-0.05, 0) is 116 Å². The Morgan fingerprint density at radius 2 is 1.75 bits per heavy atom. The lowest BCUT2D eigenvalue weighted by Gasteiger charge is -2.55. The van der Waals surface area contributed by atoms with Gasteiger partial charge in [-0.1, -0.05) is 58.6 Å². The molecule has 4 aliphatic carbocycles. The molecule has 0 unspecified atom stereocenters. The Hall–Kier alpha value is -1.77. The van der Waals surface area contributed by atoms with Crippen LogP contribution in [0.2, 0.25) is 0 Å². The van der Waals surface area contributed by atoms with Crippen molar-refractivity contribution in [2.24, 2.45) is 46.8 Å². The fourth-order valence-electron chi connectivity index (χ4n) is 9.03. The number of hydrogen-bond acceptors (Lipinski definition) is 3. The molecule has 0 aromatic heterocycles. The van der Waals surface area contributed by atoms with E-state index in [1.54, 1.807) is 29.8 Å². The summed E-state index contributed by atoms with van der Waals surface area (Å²) in [6.45, 7) is 9.84.